The smallest absolute Gasteiger partial charge is 0.258 e. The summed E-state index contributed by atoms with van der Waals surface area (Å²) >= 11 is 5.79. The standard InChI is InChI=1S/C20H16ClN5O2/c21-14-9-10-17(24-11-14)26-20(28)15-3-1-2-4-16(15)25-19(27)13-7-5-12(6-8-13)18(22)23/h1-11H,(H3,22,23)(H,25,27)(H,24,26,28). The largest absolute Gasteiger partial charge is 0.384 e. The van der Waals surface area contributed by atoms with Crippen molar-refractivity contribution in [3.05, 3.63) is 88.6 Å². The Morgan fingerprint density at radius 2 is 1.57 bits per heavy atom. The molecule has 2 amide bonds. The van der Waals surface area contributed by atoms with Crippen LogP contribution in [-0.4, -0.2) is 22.6 Å². The quantitative estimate of drug-likeness (QED) is 0.391. The molecule has 8 heteroatoms. The van der Waals surface area contributed by atoms with Crippen molar-refractivity contribution in [2.24, 2.45) is 5.73 Å². The number of nitrogens with zero attached hydrogens (tertiary/aromatic N) is 1. The summed E-state index contributed by atoms with van der Waals surface area (Å²) in [7, 11) is 0. The van der Waals surface area contributed by atoms with Crippen LogP contribution in [0, 0.1) is 5.41 Å². The molecule has 0 atom stereocenters. The van der Waals surface area contributed by atoms with Crippen molar-refractivity contribution in [2.45, 2.75) is 0 Å². The Kier molecular flexibility index (Phi) is 5.67. The Balaban J connectivity index is 1.77. The topological polar surface area (TPSA) is 121 Å². The summed E-state index contributed by atoms with van der Waals surface area (Å²) < 4.78 is 0. The minimum atomic E-state index is -0.419. The first kappa shape index (κ1) is 19.1. The maximum absolute atomic E-state index is 12.6. The van der Waals surface area contributed by atoms with Gasteiger partial charge in [0.15, 0.2) is 0 Å². The number of pyridine rings is 1. The van der Waals surface area contributed by atoms with Crippen LogP contribution in [0.1, 0.15) is 26.3 Å². The van der Waals surface area contributed by atoms with E-state index in [-0.39, 0.29) is 17.3 Å². The summed E-state index contributed by atoms with van der Waals surface area (Å²) in [4.78, 5) is 29.1. The first-order chi connectivity index (χ1) is 13.4. The molecular formula is C20H16ClN5O2. The summed E-state index contributed by atoms with van der Waals surface area (Å²) in [6, 6.07) is 16.1. The molecule has 7 nitrogen and oxygen atoms in total. The first-order valence-corrected chi connectivity index (χ1v) is 8.59. The zero-order chi connectivity index (χ0) is 20.1. The highest BCUT2D eigenvalue weighted by molar-refractivity contribution is 6.30. The van der Waals surface area contributed by atoms with Crippen molar-refractivity contribution in [1.29, 1.82) is 5.41 Å². The predicted octanol–water partition coefficient (Wildman–Crippen LogP) is 3.52. The third-order valence-corrected chi connectivity index (χ3v) is 4.07. The van der Waals surface area contributed by atoms with Crippen LogP contribution in [0.15, 0.2) is 66.9 Å². The average molecular weight is 394 g/mol. The maximum atomic E-state index is 12.6. The minimum Gasteiger partial charge on any atom is -0.384 e. The van der Waals surface area contributed by atoms with E-state index in [0.29, 0.717) is 27.7 Å². The number of amidine groups is 1. The number of aromatic nitrogens is 1. The second kappa shape index (κ2) is 8.32. The van der Waals surface area contributed by atoms with Crippen LogP contribution >= 0.6 is 11.6 Å². The van der Waals surface area contributed by atoms with Crippen molar-refractivity contribution in [3.63, 3.8) is 0 Å². The van der Waals surface area contributed by atoms with Crippen LogP contribution in [0.4, 0.5) is 11.5 Å². The second-order valence-electron chi connectivity index (χ2n) is 5.81. The molecule has 0 aliphatic carbocycles. The van der Waals surface area contributed by atoms with E-state index in [1.165, 1.54) is 6.20 Å². The summed E-state index contributed by atoms with van der Waals surface area (Å²) in [5.41, 5.74) is 6.95. The third kappa shape index (κ3) is 4.52. The molecule has 28 heavy (non-hydrogen) atoms. The van der Waals surface area contributed by atoms with E-state index >= 15 is 0 Å². The molecule has 140 valence electrons. The number of rotatable bonds is 5. The van der Waals surface area contributed by atoms with Gasteiger partial charge < -0.3 is 16.4 Å². The molecule has 0 unspecified atom stereocenters. The number of benzene rings is 2. The second-order valence-corrected chi connectivity index (χ2v) is 6.24. The number of carbonyl (C=O) groups excluding carboxylic acids is 2. The van der Waals surface area contributed by atoms with Gasteiger partial charge in [-0.15, -0.1) is 0 Å². The molecule has 0 fully saturated rings. The monoisotopic (exact) mass is 393 g/mol. The van der Waals surface area contributed by atoms with E-state index in [9.17, 15) is 9.59 Å². The molecule has 0 saturated carbocycles. The van der Waals surface area contributed by atoms with Crippen molar-refractivity contribution < 1.29 is 9.59 Å². The molecule has 0 aliphatic rings. The van der Waals surface area contributed by atoms with Gasteiger partial charge in [0.1, 0.15) is 11.7 Å². The van der Waals surface area contributed by atoms with E-state index in [2.05, 4.69) is 15.6 Å². The van der Waals surface area contributed by atoms with Crippen LogP contribution in [-0.2, 0) is 0 Å². The van der Waals surface area contributed by atoms with Gasteiger partial charge in [0.05, 0.1) is 16.3 Å². The molecule has 0 aliphatic heterocycles. The molecule has 5 N–H and O–H groups in total. The summed E-state index contributed by atoms with van der Waals surface area (Å²) in [5.74, 6) is -0.544. The Hall–Kier alpha value is -3.71. The van der Waals surface area contributed by atoms with Gasteiger partial charge in [0, 0.05) is 17.3 Å². The number of anilines is 2. The summed E-state index contributed by atoms with van der Waals surface area (Å²) in [5, 5.41) is 13.2. The fourth-order valence-corrected chi connectivity index (χ4v) is 2.53. The van der Waals surface area contributed by atoms with E-state index in [4.69, 9.17) is 22.7 Å². The molecule has 3 rings (SSSR count). The number of nitrogens with one attached hydrogen (secondary N) is 3. The highest BCUT2D eigenvalue weighted by atomic mass is 35.5. The molecule has 0 bridgehead atoms. The SMILES string of the molecule is N=C(N)c1ccc(C(=O)Nc2ccccc2C(=O)Nc2ccc(Cl)cn2)cc1. The summed E-state index contributed by atoms with van der Waals surface area (Å²) in [6.07, 6.45) is 1.43. The van der Waals surface area contributed by atoms with Crippen LogP contribution < -0.4 is 16.4 Å². The lowest BCUT2D eigenvalue weighted by Crippen LogP contribution is -2.19. The van der Waals surface area contributed by atoms with Crippen molar-refractivity contribution in [1.82, 2.24) is 4.98 Å². The zero-order valence-corrected chi connectivity index (χ0v) is 15.3. The van der Waals surface area contributed by atoms with E-state index < -0.39 is 5.91 Å². The Bertz CT molecular complexity index is 1030. The molecular weight excluding hydrogens is 378 g/mol. The number of hydrogen-bond acceptors (Lipinski definition) is 4. The average Bonchev–Trinajstić information content (AvgIpc) is 2.70. The number of nitrogen functional groups attached to an aromatic ring is 1. The highest BCUT2D eigenvalue weighted by Gasteiger charge is 2.15. The fourth-order valence-electron chi connectivity index (χ4n) is 2.42. The lowest BCUT2D eigenvalue weighted by molar-refractivity contribution is 0.102. The molecule has 0 radical (unpaired) electrons. The Labute approximate surface area is 166 Å². The summed E-state index contributed by atoms with van der Waals surface area (Å²) in [6.45, 7) is 0. The Morgan fingerprint density at radius 3 is 2.21 bits per heavy atom. The van der Waals surface area contributed by atoms with E-state index in [0.717, 1.165) is 0 Å². The lowest BCUT2D eigenvalue weighted by atomic mass is 10.1. The molecule has 1 aromatic heterocycles. The number of amides is 2. The van der Waals surface area contributed by atoms with Crippen LogP contribution in [0.3, 0.4) is 0 Å². The van der Waals surface area contributed by atoms with Crippen molar-refractivity contribution in [2.75, 3.05) is 10.6 Å². The minimum absolute atomic E-state index is 0.0789. The van der Waals surface area contributed by atoms with Gasteiger partial charge in [0.25, 0.3) is 11.8 Å². The number of nitrogens with two attached hydrogens (primary N) is 1. The molecule has 0 saturated heterocycles. The van der Waals surface area contributed by atoms with E-state index in [1.807, 2.05) is 0 Å². The van der Waals surface area contributed by atoms with Gasteiger partial charge in [-0.2, -0.15) is 0 Å². The van der Waals surface area contributed by atoms with Crippen molar-refractivity contribution in [3.8, 4) is 0 Å². The van der Waals surface area contributed by atoms with Gasteiger partial charge in [0.2, 0.25) is 0 Å². The first-order valence-electron chi connectivity index (χ1n) is 8.22. The van der Waals surface area contributed by atoms with Crippen LogP contribution in [0.5, 0.6) is 0 Å². The molecule has 2 aromatic carbocycles. The van der Waals surface area contributed by atoms with Crippen molar-refractivity contribution >= 4 is 40.8 Å². The Morgan fingerprint density at radius 1 is 0.893 bits per heavy atom. The molecule has 1 heterocycles. The normalized spacial score (nSPS) is 10.2. The maximum Gasteiger partial charge on any atom is 0.258 e. The number of para-hydroxylation sites is 1. The third-order valence-electron chi connectivity index (χ3n) is 3.85. The molecule has 0 spiro atoms. The predicted molar refractivity (Wildman–Crippen MR) is 109 cm³/mol. The number of halogens is 1. The van der Waals surface area contributed by atoms with E-state index in [1.54, 1.807) is 60.7 Å². The van der Waals surface area contributed by atoms with Gasteiger partial charge in [-0.3, -0.25) is 15.0 Å². The van der Waals surface area contributed by atoms with Crippen LogP contribution in [0.25, 0.3) is 0 Å². The van der Waals surface area contributed by atoms with Gasteiger partial charge in [-0.25, -0.2) is 4.98 Å². The van der Waals surface area contributed by atoms with Crippen LogP contribution in [0.2, 0.25) is 5.02 Å². The highest BCUT2D eigenvalue weighted by Crippen LogP contribution is 2.19. The lowest BCUT2D eigenvalue weighted by Gasteiger charge is -2.11. The van der Waals surface area contributed by atoms with Gasteiger partial charge in [-0.05, 0) is 36.4 Å². The molecule has 3 aromatic rings. The fraction of sp³-hybridized carbons (Fsp3) is 0. The van der Waals surface area contributed by atoms with Gasteiger partial charge in [-0.1, -0.05) is 35.9 Å². The number of hydrogen-bond donors (Lipinski definition) is 4. The number of carbonyl (C=O) groups is 2. The zero-order valence-electron chi connectivity index (χ0n) is 14.6. The van der Waals surface area contributed by atoms with Gasteiger partial charge >= 0.3 is 0 Å².